The van der Waals surface area contributed by atoms with Gasteiger partial charge in [-0.05, 0) is 30.3 Å². The maximum Gasteiger partial charge on any atom is 0.255 e. The van der Waals surface area contributed by atoms with E-state index in [1.54, 1.807) is 17.0 Å². The number of benzene rings is 1. The molecule has 2 aromatic heterocycles. The van der Waals surface area contributed by atoms with Crippen LogP contribution in [-0.4, -0.2) is 41.5 Å². The van der Waals surface area contributed by atoms with E-state index in [4.69, 9.17) is 4.74 Å². The molecule has 1 aromatic carbocycles. The van der Waals surface area contributed by atoms with Gasteiger partial charge in [-0.15, -0.1) is 0 Å². The quantitative estimate of drug-likeness (QED) is 0.606. The topological polar surface area (TPSA) is 96.5 Å². The molecule has 2 N–H and O–H groups in total. The largest absolute Gasteiger partial charge is 0.370 e. The van der Waals surface area contributed by atoms with Gasteiger partial charge in [0.25, 0.3) is 11.8 Å². The molecule has 0 radical (unpaired) electrons. The molecule has 176 valence electrons. The first-order valence-corrected chi connectivity index (χ1v) is 10.9. The van der Waals surface area contributed by atoms with Gasteiger partial charge in [-0.2, -0.15) is 0 Å². The highest BCUT2D eigenvalue weighted by molar-refractivity contribution is 6.04. The van der Waals surface area contributed by atoms with Crippen LogP contribution in [0.2, 0.25) is 0 Å². The number of fused-ring (bicyclic) bond motifs is 1. The number of hydrogen-bond acceptors (Lipinski definition) is 6. The van der Waals surface area contributed by atoms with E-state index in [1.807, 2.05) is 13.8 Å². The van der Waals surface area contributed by atoms with Gasteiger partial charge >= 0.3 is 0 Å². The average molecular weight is 467 g/mol. The molecule has 0 aliphatic carbocycles. The Kier molecular flexibility index (Phi) is 6.78. The van der Waals surface area contributed by atoms with Crippen molar-refractivity contribution in [2.45, 2.75) is 20.4 Å². The van der Waals surface area contributed by atoms with Gasteiger partial charge in [0.1, 0.15) is 24.1 Å². The highest BCUT2D eigenvalue weighted by atomic mass is 19.1. The van der Waals surface area contributed by atoms with Gasteiger partial charge in [0.15, 0.2) is 0 Å². The van der Waals surface area contributed by atoms with Crippen LogP contribution < -0.4 is 15.5 Å². The lowest BCUT2D eigenvalue weighted by molar-refractivity contribution is -0.125. The van der Waals surface area contributed by atoms with E-state index in [2.05, 4.69) is 20.6 Å². The first kappa shape index (κ1) is 23.2. The highest BCUT2D eigenvalue weighted by Gasteiger charge is 2.27. The van der Waals surface area contributed by atoms with Crippen LogP contribution in [0.4, 0.5) is 26.0 Å². The fourth-order valence-electron chi connectivity index (χ4n) is 3.75. The molecule has 0 saturated carbocycles. The number of nitrogens with one attached hydrogen (secondary N) is 2. The molecule has 0 spiro atoms. The van der Waals surface area contributed by atoms with E-state index in [-0.39, 0.29) is 36.2 Å². The van der Waals surface area contributed by atoms with Crippen LogP contribution >= 0.6 is 0 Å². The summed E-state index contributed by atoms with van der Waals surface area (Å²) < 4.78 is 33.8. The van der Waals surface area contributed by atoms with Crippen molar-refractivity contribution in [2.75, 3.05) is 30.0 Å². The minimum atomic E-state index is -0.752. The van der Waals surface area contributed by atoms with Crippen molar-refractivity contribution in [3.8, 4) is 11.3 Å². The van der Waals surface area contributed by atoms with Crippen LogP contribution in [0.15, 0.2) is 42.6 Å². The lowest BCUT2D eigenvalue weighted by atomic mass is 10.1. The number of aromatic nitrogens is 2. The Morgan fingerprint density at radius 1 is 1.09 bits per heavy atom. The summed E-state index contributed by atoms with van der Waals surface area (Å²) in [6.07, 6.45) is 1.53. The van der Waals surface area contributed by atoms with Crippen LogP contribution in [0.25, 0.3) is 11.3 Å². The van der Waals surface area contributed by atoms with Crippen LogP contribution in [0.1, 0.15) is 29.9 Å². The Morgan fingerprint density at radius 3 is 2.53 bits per heavy atom. The third-order valence-electron chi connectivity index (χ3n) is 5.26. The predicted molar refractivity (Wildman–Crippen MR) is 123 cm³/mol. The number of rotatable bonds is 4. The molecule has 1 fully saturated rings. The molecule has 2 aliphatic rings. The standard InChI is InChI=1S/C22H17F2N5O3.C2H6/c23-13-2-1-3-14(24)20(13)15-8-16(21-17(27-15)10-26-22(21)31)28-18-5-4-12(9-25-18)29-6-7-32-11-19(29)30;1-2/h1-5,8-9H,6-7,10-11H2,(H,26,31)(H,25,27,28);1-2H3. The molecular formula is C24H23F2N5O3. The summed E-state index contributed by atoms with van der Waals surface area (Å²) in [5.74, 6) is -1.61. The van der Waals surface area contributed by atoms with E-state index in [1.165, 1.54) is 18.3 Å². The molecule has 1 saturated heterocycles. The molecule has 0 bridgehead atoms. The summed E-state index contributed by atoms with van der Waals surface area (Å²) in [5, 5.41) is 5.71. The van der Waals surface area contributed by atoms with Gasteiger partial charge in [0, 0.05) is 6.54 Å². The van der Waals surface area contributed by atoms with E-state index < -0.39 is 11.6 Å². The lowest BCUT2D eigenvalue weighted by Gasteiger charge is -2.26. The molecular weight excluding hydrogens is 444 g/mol. The van der Waals surface area contributed by atoms with Crippen molar-refractivity contribution >= 4 is 29.0 Å². The van der Waals surface area contributed by atoms with E-state index in [9.17, 15) is 18.4 Å². The van der Waals surface area contributed by atoms with E-state index >= 15 is 0 Å². The summed E-state index contributed by atoms with van der Waals surface area (Å²) in [6, 6.07) is 8.37. The van der Waals surface area contributed by atoms with Gasteiger partial charge in [-0.3, -0.25) is 9.59 Å². The fourth-order valence-corrected chi connectivity index (χ4v) is 3.75. The lowest BCUT2D eigenvalue weighted by Crippen LogP contribution is -2.41. The number of pyridine rings is 2. The number of morpholine rings is 1. The maximum absolute atomic E-state index is 14.3. The summed E-state index contributed by atoms with van der Waals surface area (Å²) in [5.41, 5.74) is 1.41. The Balaban J connectivity index is 0.00000133. The van der Waals surface area contributed by atoms with Crippen LogP contribution in [0, 0.1) is 11.6 Å². The third kappa shape index (κ3) is 4.44. The Labute approximate surface area is 195 Å². The van der Waals surface area contributed by atoms with Gasteiger partial charge in [0.05, 0.1) is 53.2 Å². The molecule has 3 aromatic rings. The van der Waals surface area contributed by atoms with Gasteiger partial charge < -0.3 is 20.3 Å². The van der Waals surface area contributed by atoms with Crippen molar-refractivity contribution < 1.29 is 23.1 Å². The minimum absolute atomic E-state index is 0.0215. The second kappa shape index (κ2) is 9.92. The zero-order chi connectivity index (χ0) is 24.2. The van der Waals surface area contributed by atoms with E-state index in [0.717, 1.165) is 12.1 Å². The Bertz CT molecular complexity index is 1210. The molecule has 4 heterocycles. The molecule has 34 heavy (non-hydrogen) atoms. The molecule has 2 amide bonds. The molecule has 5 rings (SSSR count). The monoisotopic (exact) mass is 467 g/mol. The SMILES string of the molecule is CC.O=C1NCc2nc(-c3c(F)cccc3F)cc(Nc3ccc(N4CCOCC4=O)cn3)c21. The second-order valence-corrected chi connectivity index (χ2v) is 7.28. The molecule has 8 nitrogen and oxygen atoms in total. The normalized spacial score (nSPS) is 14.8. The average Bonchev–Trinajstić information content (AvgIpc) is 3.22. The number of halogens is 2. The zero-order valence-corrected chi connectivity index (χ0v) is 18.7. The van der Waals surface area contributed by atoms with Crippen molar-refractivity contribution in [1.29, 1.82) is 0 Å². The van der Waals surface area contributed by atoms with Crippen molar-refractivity contribution in [1.82, 2.24) is 15.3 Å². The molecule has 0 atom stereocenters. The van der Waals surface area contributed by atoms with Crippen LogP contribution in [0.5, 0.6) is 0 Å². The summed E-state index contributed by atoms with van der Waals surface area (Å²) >= 11 is 0. The first-order valence-electron chi connectivity index (χ1n) is 10.9. The van der Waals surface area contributed by atoms with Crippen molar-refractivity contribution in [3.63, 3.8) is 0 Å². The zero-order valence-electron chi connectivity index (χ0n) is 18.7. The number of anilines is 3. The second-order valence-electron chi connectivity index (χ2n) is 7.28. The fraction of sp³-hybridized carbons (Fsp3) is 0.250. The van der Waals surface area contributed by atoms with Gasteiger partial charge in [0.2, 0.25) is 0 Å². The molecule has 0 unspecified atom stereocenters. The minimum Gasteiger partial charge on any atom is -0.370 e. The van der Waals surface area contributed by atoms with Gasteiger partial charge in [-0.25, -0.2) is 18.7 Å². The smallest absolute Gasteiger partial charge is 0.255 e. The number of hydrogen-bond donors (Lipinski definition) is 2. The summed E-state index contributed by atoms with van der Waals surface area (Å²) in [4.78, 5) is 34.6. The van der Waals surface area contributed by atoms with E-state index in [0.29, 0.717) is 41.6 Å². The maximum atomic E-state index is 14.3. The number of amides is 2. The molecule has 10 heteroatoms. The number of carbonyl (C=O) groups excluding carboxylic acids is 2. The number of carbonyl (C=O) groups is 2. The van der Waals surface area contributed by atoms with Crippen LogP contribution in [0.3, 0.4) is 0 Å². The van der Waals surface area contributed by atoms with Gasteiger partial charge in [-0.1, -0.05) is 19.9 Å². The third-order valence-corrected chi connectivity index (χ3v) is 5.26. The van der Waals surface area contributed by atoms with Crippen molar-refractivity contribution in [3.05, 3.63) is 65.5 Å². The predicted octanol–water partition coefficient (Wildman–Crippen LogP) is 3.80. The molecule has 2 aliphatic heterocycles. The summed E-state index contributed by atoms with van der Waals surface area (Å²) in [6.45, 7) is 5.05. The first-order chi connectivity index (χ1) is 16.5. The number of ether oxygens (including phenoxy) is 1. The summed E-state index contributed by atoms with van der Waals surface area (Å²) in [7, 11) is 0. The number of nitrogens with zero attached hydrogens (tertiary/aromatic N) is 3. The van der Waals surface area contributed by atoms with Crippen LogP contribution in [-0.2, 0) is 16.1 Å². The van der Waals surface area contributed by atoms with Crippen molar-refractivity contribution in [2.24, 2.45) is 0 Å². The Morgan fingerprint density at radius 2 is 1.85 bits per heavy atom. The highest BCUT2D eigenvalue weighted by Crippen LogP contribution is 2.33. The Hall–Kier alpha value is -3.92.